The first-order valence-corrected chi connectivity index (χ1v) is 5.16. The average Bonchev–Trinajstić information content (AvgIpc) is 2.50. The molecule has 0 saturated carbocycles. The number of carbonyl (C=O) groups is 1. The predicted octanol–water partition coefficient (Wildman–Crippen LogP) is 2.22. The summed E-state index contributed by atoms with van der Waals surface area (Å²) >= 11 is 1.49. The van der Waals surface area contributed by atoms with Crippen LogP contribution in [-0.4, -0.2) is 12.3 Å². The van der Waals surface area contributed by atoms with Gasteiger partial charge in [-0.1, -0.05) is 13.8 Å². The van der Waals surface area contributed by atoms with Crippen LogP contribution in [0.4, 0.5) is 0 Å². The maximum Gasteiger partial charge on any atom is 0.179 e. The minimum atomic E-state index is -0.435. The fourth-order valence-corrected chi connectivity index (χ4v) is 2.05. The first-order valence-electron chi connectivity index (χ1n) is 4.28. The molecule has 0 radical (unpaired) electrons. The molecule has 0 fully saturated rings. The third kappa shape index (κ3) is 1.98. The van der Waals surface area contributed by atoms with Gasteiger partial charge in [-0.3, -0.25) is 4.79 Å². The number of thiophene rings is 1. The maximum absolute atomic E-state index is 11.9. The number of aryl methyl sites for hydroxylation is 1. The van der Waals surface area contributed by atoms with Crippen LogP contribution in [0.1, 0.15) is 29.1 Å². The number of nitrogens with two attached hydrogens (primary N) is 1. The summed E-state index contributed by atoms with van der Waals surface area (Å²) in [4.78, 5) is 12.8. The molecule has 0 aliphatic heterocycles. The molecule has 3 heteroatoms. The van der Waals surface area contributed by atoms with E-state index in [9.17, 15) is 4.79 Å². The molecule has 0 aromatic carbocycles. The Hall–Kier alpha value is -0.670. The summed E-state index contributed by atoms with van der Waals surface area (Å²) in [5.41, 5.74) is 6.16. The van der Waals surface area contributed by atoms with Gasteiger partial charge >= 0.3 is 0 Å². The number of Topliss-reactive ketones (excluding diaryl/α,β-unsaturated/α-hetero) is 1. The van der Waals surface area contributed by atoms with Crippen molar-refractivity contribution in [3.05, 3.63) is 21.9 Å². The van der Waals surface area contributed by atoms with Crippen molar-refractivity contribution in [2.45, 2.75) is 20.8 Å². The molecule has 0 atom stereocenters. The molecule has 0 saturated heterocycles. The van der Waals surface area contributed by atoms with Gasteiger partial charge in [0.15, 0.2) is 5.78 Å². The van der Waals surface area contributed by atoms with Gasteiger partial charge in [0.05, 0.1) is 4.88 Å². The Kier molecular flexibility index (Phi) is 2.88. The second-order valence-corrected chi connectivity index (χ2v) is 4.77. The summed E-state index contributed by atoms with van der Waals surface area (Å²) in [7, 11) is 0. The molecule has 2 nitrogen and oxygen atoms in total. The van der Waals surface area contributed by atoms with E-state index >= 15 is 0 Å². The molecule has 72 valence electrons. The lowest BCUT2D eigenvalue weighted by Gasteiger charge is -2.19. The van der Waals surface area contributed by atoms with Crippen molar-refractivity contribution in [3.63, 3.8) is 0 Å². The van der Waals surface area contributed by atoms with Crippen molar-refractivity contribution in [2.75, 3.05) is 6.54 Å². The van der Waals surface area contributed by atoms with Gasteiger partial charge in [0, 0.05) is 12.0 Å². The molecule has 0 bridgehead atoms. The third-order valence-corrected chi connectivity index (χ3v) is 3.21. The molecule has 1 aromatic rings. The zero-order valence-corrected chi connectivity index (χ0v) is 9.07. The maximum atomic E-state index is 11.9. The molecule has 0 aliphatic carbocycles. The molecule has 1 heterocycles. The van der Waals surface area contributed by atoms with E-state index in [2.05, 4.69) is 0 Å². The van der Waals surface area contributed by atoms with Gasteiger partial charge in [-0.15, -0.1) is 11.3 Å². The normalized spacial score (nSPS) is 11.7. The highest BCUT2D eigenvalue weighted by Crippen LogP contribution is 2.26. The molecule has 1 aromatic heterocycles. The van der Waals surface area contributed by atoms with Crippen molar-refractivity contribution >= 4 is 17.1 Å². The highest BCUT2D eigenvalue weighted by Gasteiger charge is 2.28. The van der Waals surface area contributed by atoms with Crippen LogP contribution in [0.3, 0.4) is 0 Å². The van der Waals surface area contributed by atoms with Crippen molar-refractivity contribution in [1.82, 2.24) is 0 Å². The van der Waals surface area contributed by atoms with Crippen LogP contribution in [0, 0.1) is 12.3 Å². The lowest BCUT2D eigenvalue weighted by atomic mass is 9.87. The number of ketones is 1. The molecule has 1 rings (SSSR count). The number of hydrogen-bond acceptors (Lipinski definition) is 3. The van der Waals surface area contributed by atoms with Crippen LogP contribution in [-0.2, 0) is 0 Å². The van der Waals surface area contributed by atoms with E-state index in [0.717, 1.165) is 10.4 Å². The summed E-state index contributed by atoms with van der Waals surface area (Å²) in [6.45, 7) is 6.11. The fourth-order valence-electron chi connectivity index (χ4n) is 1.01. The largest absolute Gasteiger partial charge is 0.329 e. The van der Waals surface area contributed by atoms with E-state index in [0.29, 0.717) is 6.54 Å². The average molecular weight is 197 g/mol. The zero-order chi connectivity index (χ0) is 10.1. The van der Waals surface area contributed by atoms with Crippen LogP contribution < -0.4 is 5.73 Å². The summed E-state index contributed by atoms with van der Waals surface area (Å²) in [5, 5.41) is 1.94. The Balaban J connectivity index is 2.98. The van der Waals surface area contributed by atoms with E-state index in [-0.39, 0.29) is 5.78 Å². The van der Waals surface area contributed by atoms with Crippen molar-refractivity contribution in [1.29, 1.82) is 0 Å². The molecule has 0 spiro atoms. The first kappa shape index (κ1) is 10.4. The molecule has 2 N–H and O–H groups in total. The number of rotatable bonds is 3. The van der Waals surface area contributed by atoms with Gasteiger partial charge in [0.25, 0.3) is 0 Å². The second-order valence-electron chi connectivity index (χ2n) is 3.85. The van der Waals surface area contributed by atoms with E-state index in [4.69, 9.17) is 5.73 Å². The summed E-state index contributed by atoms with van der Waals surface area (Å²) in [6.07, 6.45) is 0. The Bertz CT molecular complexity index is 314. The monoisotopic (exact) mass is 197 g/mol. The van der Waals surface area contributed by atoms with Gasteiger partial charge in [0.1, 0.15) is 0 Å². The zero-order valence-electron chi connectivity index (χ0n) is 8.26. The topological polar surface area (TPSA) is 43.1 Å². The Morgan fingerprint density at radius 1 is 1.62 bits per heavy atom. The Morgan fingerprint density at radius 2 is 2.23 bits per heavy atom. The van der Waals surface area contributed by atoms with Crippen LogP contribution >= 0.6 is 11.3 Å². The van der Waals surface area contributed by atoms with Crippen LogP contribution in [0.5, 0.6) is 0 Å². The molecular weight excluding hydrogens is 182 g/mol. The van der Waals surface area contributed by atoms with E-state index < -0.39 is 5.41 Å². The van der Waals surface area contributed by atoms with Gasteiger partial charge in [-0.2, -0.15) is 0 Å². The Labute approximate surface area is 82.8 Å². The summed E-state index contributed by atoms with van der Waals surface area (Å²) in [6, 6.07) is 1.96. The van der Waals surface area contributed by atoms with Gasteiger partial charge in [0.2, 0.25) is 0 Å². The first-order chi connectivity index (χ1) is 5.99. The molecule has 0 amide bonds. The molecule has 13 heavy (non-hydrogen) atoms. The van der Waals surface area contributed by atoms with Crippen LogP contribution in [0.2, 0.25) is 0 Å². The Morgan fingerprint density at radius 3 is 2.62 bits per heavy atom. The highest BCUT2D eigenvalue weighted by atomic mass is 32.1. The standard InChI is InChI=1S/C10H15NOS/c1-7-4-5-13-8(7)9(12)10(2,3)6-11/h4-5H,6,11H2,1-3H3. The van der Waals surface area contributed by atoms with Crippen molar-refractivity contribution < 1.29 is 4.79 Å². The van der Waals surface area contributed by atoms with Gasteiger partial charge in [-0.05, 0) is 23.9 Å². The minimum absolute atomic E-state index is 0.155. The minimum Gasteiger partial charge on any atom is -0.329 e. The quantitative estimate of drug-likeness (QED) is 0.755. The molecule has 0 aliphatic rings. The lowest BCUT2D eigenvalue weighted by molar-refractivity contribution is 0.0851. The van der Waals surface area contributed by atoms with Crippen molar-refractivity contribution in [3.8, 4) is 0 Å². The predicted molar refractivity (Wildman–Crippen MR) is 56.2 cm³/mol. The van der Waals surface area contributed by atoms with Crippen molar-refractivity contribution in [2.24, 2.45) is 11.1 Å². The van der Waals surface area contributed by atoms with Gasteiger partial charge < -0.3 is 5.73 Å². The molecular formula is C10H15NOS. The van der Waals surface area contributed by atoms with E-state index in [1.165, 1.54) is 11.3 Å². The SMILES string of the molecule is Cc1ccsc1C(=O)C(C)(C)CN. The number of carbonyl (C=O) groups excluding carboxylic acids is 1. The fraction of sp³-hybridized carbons (Fsp3) is 0.500. The van der Waals surface area contributed by atoms with Gasteiger partial charge in [-0.25, -0.2) is 0 Å². The summed E-state index contributed by atoms with van der Waals surface area (Å²) in [5.74, 6) is 0.155. The van der Waals surface area contributed by atoms with Crippen LogP contribution in [0.25, 0.3) is 0 Å². The summed E-state index contributed by atoms with van der Waals surface area (Å²) < 4.78 is 0. The highest BCUT2D eigenvalue weighted by molar-refractivity contribution is 7.12. The van der Waals surface area contributed by atoms with Crippen LogP contribution in [0.15, 0.2) is 11.4 Å². The third-order valence-electron chi connectivity index (χ3n) is 2.19. The molecule has 0 unspecified atom stereocenters. The lowest BCUT2D eigenvalue weighted by Crippen LogP contribution is -2.32. The van der Waals surface area contributed by atoms with E-state index in [1.54, 1.807) is 0 Å². The smallest absolute Gasteiger partial charge is 0.179 e. The van der Waals surface area contributed by atoms with E-state index in [1.807, 2.05) is 32.2 Å². The number of hydrogen-bond donors (Lipinski definition) is 1. The second kappa shape index (κ2) is 3.60.